The molecule has 0 unspecified atom stereocenters. The molecule has 0 saturated heterocycles. The number of nitrogens with one attached hydrogen (secondary N) is 2. The molecule has 0 aliphatic rings. The Hall–Kier alpha value is -1.14. The first-order valence-corrected chi connectivity index (χ1v) is 7.33. The monoisotopic (exact) mass is 257 g/mol. The molecule has 1 heterocycles. The van der Waals surface area contributed by atoms with Gasteiger partial charge in [-0.25, -0.2) is 8.42 Å². The summed E-state index contributed by atoms with van der Waals surface area (Å²) < 4.78 is 26.0. The predicted molar refractivity (Wildman–Crippen MR) is 69.5 cm³/mol. The number of rotatable bonds is 7. The van der Waals surface area contributed by atoms with Crippen LogP contribution in [0.5, 0.6) is 0 Å². The van der Waals surface area contributed by atoms with E-state index in [2.05, 4.69) is 15.0 Å². The molecule has 0 radical (unpaired) electrons. The predicted octanol–water partition coefficient (Wildman–Crippen LogP) is 1.13. The summed E-state index contributed by atoms with van der Waals surface area (Å²) in [7, 11) is -3.27. The average molecular weight is 257 g/mol. The van der Waals surface area contributed by atoms with Gasteiger partial charge in [-0.05, 0) is 38.6 Å². The molecule has 0 bridgehead atoms. The molecule has 6 heteroatoms. The lowest BCUT2D eigenvalue weighted by atomic mass is 10.3. The van der Waals surface area contributed by atoms with E-state index in [9.17, 15) is 8.42 Å². The van der Waals surface area contributed by atoms with Crippen molar-refractivity contribution in [3.8, 4) is 0 Å². The molecule has 5 nitrogen and oxygen atoms in total. The first-order valence-electron chi connectivity index (χ1n) is 5.68. The maximum atomic E-state index is 11.7. The Morgan fingerprint density at radius 3 is 2.82 bits per heavy atom. The first-order chi connectivity index (χ1) is 8.05. The summed E-state index contributed by atoms with van der Waals surface area (Å²) in [4.78, 5) is 4.03. The third-order valence-electron chi connectivity index (χ3n) is 2.29. The third-order valence-corrected chi connectivity index (χ3v) is 3.65. The van der Waals surface area contributed by atoms with Crippen molar-refractivity contribution >= 4 is 15.7 Å². The van der Waals surface area contributed by atoms with Crippen molar-refractivity contribution in [2.75, 3.05) is 23.6 Å². The Kier molecular flexibility index (Phi) is 5.37. The van der Waals surface area contributed by atoms with Gasteiger partial charge in [0.1, 0.15) is 0 Å². The SMILES string of the molecule is CCNCCCS(=O)(=O)Nc1cccnc1C. The molecule has 0 aromatic carbocycles. The summed E-state index contributed by atoms with van der Waals surface area (Å²) in [6.07, 6.45) is 2.24. The van der Waals surface area contributed by atoms with Crippen LogP contribution in [0.25, 0.3) is 0 Å². The van der Waals surface area contributed by atoms with E-state index in [1.165, 1.54) is 0 Å². The summed E-state index contributed by atoms with van der Waals surface area (Å²) in [6, 6.07) is 3.42. The normalized spacial score (nSPS) is 11.4. The van der Waals surface area contributed by atoms with Gasteiger partial charge in [-0.1, -0.05) is 6.92 Å². The lowest BCUT2D eigenvalue weighted by Gasteiger charge is -2.09. The molecule has 96 valence electrons. The summed E-state index contributed by atoms with van der Waals surface area (Å²) in [5.41, 5.74) is 1.23. The molecule has 1 aromatic heterocycles. The Bertz CT molecular complexity index is 446. The molecular weight excluding hydrogens is 238 g/mol. The van der Waals surface area contributed by atoms with E-state index >= 15 is 0 Å². The minimum absolute atomic E-state index is 0.119. The Labute approximate surface area is 103 Å². The summed E-state index contributed by atoms with van der Waals surface area (Å²) in [5, 5.41) is 3.09. The van der Waals surface area contributed by atoms with E-state index in [1.807, 2.05) is 6.92 Å². The van der Waals surface area contributed by atoms with Gasteiger partial charge in [0.15, 0.2) is 0 Å². The van der Waals surface area contributed by atoms with Crippen molar-refractivity contribution < 1.29 is 8.42 Å². The van der Waals surface area contributed by atoms with Crippen molar-refractivity contribution in [2.24, 2.45) is 0 Å². The van der Waals surface area contributed by atoms with Crippen LogP contribution in [0.15, 0.2) is 18.3 Å². The summed E-state index contributed by atoms with van der Waals surface area (Å²) in [6.45, 7) is 5.33. The van der Waals surface area contributed by atoms with Crippen molar-refractivity contribution in [1.82, 2.24) is 10.3 Å². The molecule has 0 saturated carbocycles. The lowest BCUT2D eigenvalue weighted by molar-refractivity contribution is 0.595. The van der Waals surface area contributed by atoms with E-state index in [4.69, 9.17) is 0 Å². The van der Waals surface area contributed by atoms with Gasteiger partial charge in [-0.2, -0.15) is 0 Å². The maximum Gasteiger partial charge on any atom is 0.232 e. The van der Waals surface area contributed by atoms with Gasteiger partial charge in [0.2, 0.25) is 10.0 Å². The molecule has 1 aromatic rings. The van der Waals surface area contributed by atoms with Gasteiger partial charge in [-0.3, -0.25) is 9.71 Å². The van der Waals surface area contributed by atoms with Crippen LogP contribution in [0, 0.1) is 6.92 Å². The van der Waals surface area contributed by atoms with Gasteiger partial charge < -0.3 is 5.32 Å². The number of sulfonamides is 1. The highest BCUT2D eigenvalue weighted by Crippen LogP contribution is 2.12. The number of hydrogen-bond acceptors (Lipinski definition) is 4. The number of nitrogens with zero attached hydrogens (tertiary/aromatic N) is 1. The van der Waals surface area contributed by atoms with Crippen LogP contribution in [0.1, 0.15) is 19.0 Å². The number of hydrogen-bond donors (Lipinski definition) is 2. The van der Waals surface area contributed by atoms with Crippen molar-refractivity contribution in [1.29, 1.82) is 0 Å². The number of anilines is 1. The molecule has 0 fully saturated rings. The lowest BCUT2D eigenvalue weighted by Crippen LogP contribution is -2.22. The zero-order valence-electron chi connectivity index (χ0n) is 10.2. The maximum absolute atomic E-state index is 11.7. The Balaban J connectivity index is 2.52. The van der Waals surface area contributed by atoms with Crippen LogP contribution >= 0.6 is 0 Å². The highest BCUT2D eigenvalue weighted by atomic mass is 32.2. The number of aryl methyl sites for hydroxylation is 1. The molecule has 1 rings (SSSR count). The summed E-state index contributed by atoms with van der Waals surface area (Å²) >= 11 is 0. The van der Waals surface area contributed by atoms with E-state index < -0.39 is 10.0 Å². The summed E-state index contributed by atoms with van der Waals surface area (Å²) in [5.74, 6) is 0.119. The Morgan fingerprint density at radius 1 is 1.41 bits per heavy atom. The third kappa shape index (κ3) is 5.14. The van der Waals surface area contributed by atoms with E-state index in [-0.39, 0.29) is 5.75 Å². The standard InChI is InChI=1S/C11H19N3O2S/c1-3-12-7-5-9-17(15,16)14-11-6-4-8-13-10(11)2/h4,6,8,12,14H,3,5,7,9H2,1-2H3. The molecule has 0 aliphatic carbocycles. The topological polar surface area (TPSA) is 71.1 Å². The van der Waals surface area contributed by atoms with Crippen LogP contribution in [0.4, 0.5) is 5.69 Å². The minimum Gasteiger partial charge on any atom is -0.317 e. The average Bonchev–Trinajstić information content (AvgIpc) is 2.28. The Morgan fingerprint density at radius 2 is 2.18 bits per heavy atom. The molecule has 2 N–H and O–H groups in total. The molecular formula is C11H19N3O2S. The molecule has 0 amide bonds. The fourth-order valence-electron chi connectivity index (χ4n) is 1.37. The van der Waals surface area contributed by atoms with Crippen LogP contribution in [0.2, 0.25) is 0 Å². The van der Waals surface area contributed by atoms with Gasteiger partial charge >= 0.3 is 0 Å². The van der Waals surface area contributed by atoms with Gasteiger partial charge in [-0.15, -0.1) is 0 Å². The van der Waals surface area contributed by atoms with Crippen molar-refractivity contribution in [2.45, 2.75) is 20.3 Å². The van der Waals surface area contributed by atoms with Crippen LogP contribution < -0.4 is 10.0 Å². The van der Waals surface area contributed by atoms with Gasteiger partial charge in [0.05, 0.1) is 17.1 Å². The highest BCUT2D eigenvalue weighted by Gasteiger charge is 2.11. The second kappa shape index (κ2) is 6.56. The first kappa shape index (κ1) is 13.9. The fourth-order valence-corrected chi connectivity index (χ4v) is 2.55. The largest absolute Gasteiger partial charge is 0.317 e. The van der Waals surface area contributed by atoms with Crippen LogP contribution in [-0.4, -0.2) is 32.2 Å². The molecule has 0 aliphatic heterocycles. The highest BCUT2D eigenvalue weighted by molar-refractivity contribution is 7.92. The van der Waals surface area contributed by atoms with Crippen molar-refractivity contribution in [3.63, 3.8) is 0 Å². The van der Waals surface area contributed by atoms with Crippen LogP contribution in [0.3, 0.4) is 0 Å². The van der Waals surface area contributed by atoms with E-state index in [1.54, 1.807) is 25.3 Å². The zero-order chi connectivity index (χ0) is 12.7. The quantitative estimate of drug-likeness (QED) is 0.718. The molecule has 0 atom stereocenters. The number of pyridine rings is 1. The second-order valence-corrected chi connectivity index (χ2v) is 5.61. The number of aromatic nitrogens is 1. The second-order valence-electron chi connectivity index (χ2n) is 3.76. The van der Waals surface area contributed by atoms with Crippen molar-refractivity contribution in [3.05, 3.63) is 24.0 Å². The molecule has 17 heavy (non-hydrogen) atoms. The van der Waals surface area contributed by atoms with E-state index in [0.29, 0.717) is 24.3 Å². The van der Waals surface area contributed by atoms with Gasteiger partial charge in [0, 0.05) is 6.20 Å². The van der Waals surface area contributed by atoms with Gasteiger partial charge in [0.25, 0.3) is 0 Å². The fraction of sp³-hybridized carbons (Fsp3) is 0.545. The molecule has 0 spiro atoms. The van der Waals surface area contributed by atoms with E-state index in [0.717, 1.165) is 6.54 Å². The smallest absolute Gasteiger partial charge is 0.232 e. The van der Waals surface area contributed by atoms with Crippen LogP contribution in [-0.2, 0) is 10.0 Å². The zero-order valence-corrected chi connectivity index (χ0v) is 11.0. The minimum atomic E-state index is -3.27.